The fraction of sp³-hybridized carbons (Fsp3) is 0.179. The van der Waals surface area contributed by atoms with E-state index in [0.717, 1.165) is 12.8 Å². The van der Waals surface area contributed by atoms with Crippen LogP contribution in [0.5, 0.6) is 0 Å². The second kappa shape index (κ2) is 50.4. The molecule has 0 amide bonds. The van der Waals surface area contributed by atoms with Gasteiger partial charge in [0.2, 0.25) is 0 Å². The molecular weight excluding hydrogens is 1380 g/mol. The average molecular weight is 1460 g/mol. The van der Waals surface area contributed by atoms with E-state index in [1.54, 1.807) is 70.0 Å². The van der Waals surface area contributed by atoms with Crippen LogP contribution in [0.1, 0.15) is 36.1 Å². The maximum atomic E-state index is 2.31. The number of rotatable bonds is 2. The van der Waals surface area contributed by atoms with E-state index in [4.69, 9.17) is 0 Å². The van der Waals surface area contributed by atoms with Crippen molar-refractivity contribution in [3.05, 3.63) is 271 Å². The average Bonchev–Trinajstić information content (AvgIpc) is 4.23. The first-order valence-corrected chi connectivity index (χ1v) is 43.8. The summed E-state index contributed by atoms with van der Waals surface area (Å²) in [5, 5.41) is 13.5. The van der Waals surface area contributed by atoms with Crippen LogP contribution in [0.3, 0.4) is 0 Å². The summed E-state index contributed by atoms with van der Waals surface area (Å²) in [6.07, 6.45) is 2.27. The Hall–Kier alpha value is -2.11. The quantitative estimate of drug-likeness (QED) is 0.120. The van der Waals surface area contributed by atoms with Crippen LogP contribution < -0.4 is 0 Å². The first-order valence-electron chi connectivity index (χ1n) is 25.2. The van der Waals surface area contributed by atoms with E-state index >= 15 is 0 Å². The third-order valence-corrected chi connectivity index (χ3v) is 10.4. The number of hydrogen-bond acceptors (Lipinski definition) is 0. The maximum Gasteiger partial charge on any atom is -0.0579 e. The largest absolute Gasteiger partial charge is 0.214 e. The summed E-state index contributed by atoms with van der Waals surface area (Å²) in [6, 6.07) is 86.4. The summed E-state index contributed by atoms with van der Waals surface area (Å²) >= 11 is 5.22. The topological polar surface area (TPSA) is 0 Å². The number of hydrogen-bond donors (Lipinski definition) is 0. The molecule has 0 N–H and O–H groups in total. The molecule has 0 heterocycles. The van der Waals surface area contributed by atoms with Crippen molar-refractivity contribution in [3.63, 3.8) is 0 Å². The van der Waals surface area contributed by atoms with E-state index in [9.17, 15) is 0 Å². The minimum Gasteiger partial charge on any atom is -0.214 e. The van der Waals surface area contributed by atoms with E-state index in [-0.39, 0.29) is 90.7 Å². The molecule has 0 unspecified atom stereocenters. The van der Waals surface area contributed by atoms with Crippen LogP contribution in [0, 0.1) is 13.8 Å². The van der Waals surface area contributed by atoms with Gasteiger partial charge in [-0.3, -0.25) is 0 Å². The van der Waals surface area contributed by atoms with Gasteiger partial charge < -0.3 is 0 Å². The molecule has 12 aromatic carbocycles. The zero-order valence-electron chi connectivity index (χ0n) is 47.5. The third kappa shape index (κ3) is 37.7. The molecule has 0 spiro atoms. The van der Waals surface area contributed by atoms with Crippen LogP contribution in [-0.2, 0) is 82.8 Å². The molecule has 0 saturated carbocycles. The molecule has 79 heavy (non-hydrogen) atoms. The minimum absolute atomic E-state index is 0. The molecular formula is C67H81Cl6Si3Zr3-3. The van der Waals surface area contributed by atoms with Gasteiger partial charge in [0.05, 0.1) is 0 Å². The van der Waals surface area contributed by atoms with Gasteiger partial charge in [0.15, 0.2) is 0 Å². The fourth-order valence-electron chi connectivity index (χ4n) is 7.16. The first kappa shape index (κ1) is 83.3. The first-order chi connectivity index (χ1) is 35.2. The van der Waals surface area contributed by atoms with E-state index in [2.05, 4.69) is 255 Å². The smallest absolute Gasteiger partial charge is 0.0579 e. The summed E-state index contributed by atoms with van der Waals surface area (Å²) < 4.78 is 0. The monoisotopic (exact) mass is 1450 g/mol. The van der Waals surface area contributed by atoms with Crippen molar-refractivity contribution < 1.29 is 70.0 Å². The molecule has 12 aromatic rings. The molecule has 0 aromatic heterocycles. The van der Waals surface area contributed by atoms with Crippen LogP contribution in [0.2, 0.25) is 39.3 Å². The zero-order valence-corrected chi connectivity index (χ0v) is 62.8. The molecule has 418 valence electrons. The predicted octanol–water partition coefficient (Wildman–Crippen LogP) is 22.2. The number of benzene rings is 5. The molecule has 12 heteroatoms. The number of fused-ring (bicyclic) bond motifs is 5. The minimum atomic E-state index is 0. The molecule has 0 atom stereocenters. The number of halogens is 6. The summed E-state index contributed by atoms with van der Waals surface area (Å²) in [7, 11) is 0. The number of aryl methyl sites for hydroxylation is 4. The van der Waals surface area contributed by atoms with Crippen LogP contribution in [-0.4, -0.2) is 16.3 Å². The molecule has 0 aliphatic rings. The Balaban J connectivity index is -0.000000401. The predicted molar refractivity (Wildman–Crippen MR) is 366 cm³/mol. The van der Waals surface area contributed by atoms with Crippen molar-refractivity contribution in [1.29, 1.82) is 0 Å². The Kier molecular flexibility index (Phi) is 53.2. The Labute approximate surface area is 558 Å². The molecule has 0 radical (unpaired) electrons. The van der Waals surface area contributed by atoms with Crippen LogP contribution >= 0.6 is 74.4 Å². The van der Waals surface area contributed by atoms with Crippen molar-refractivity contribution in [1.82, 2.24) is 0 Å². The van der Waals surface area contributed by atoms with Crippen LogP contribution in [0.25, 0.3) is 53.9 Å². The van der Waals surface area contributed by atoms with Gasteiger partial charge in [-0.15, -0.1) is 266 Å². The Morgan fingerprint density at radius 2 is 0.608 bits per heavy atom. The van der Waals surface area contributed by atoms with Crippen molar-refractivity contribution >= 4 is 145 Å². The summed E-state index contributed by atoms with van der Waals surface area (Å²) in [6.45, 7) is 22.5. The second-order valence-electron chi connectivity index (χ2n) is 18.1. The second-order valence-corrected chi connectivity index (χ2v) is 46.2. The van der Waals surface area contributed by atoms with Crippen molar-refractivity contribution in [2.45, 2.75) is 79.8 Å². The van der Waals surface area contributed by atoms with E-state index in [1.165, 1.54) is 76.1 Å². The van der Waals surface area contributed by atoms with Crippen molar-refractivity contribution in [3.8, 4) is 0 Å². The summed E-state index contributed by atoms with van der Waals surface area (Å²) in [4.78, 5) is 0. The van der Waals surface area contributed by atoms with E-state index in [1.807, 2.05) is 60.7 Å². The molecule has 0 nitrogen and oxygen atoms in total. The Morgan fingerprint density at radius 1 is 0.354 bits per heavy atom. The Bertz CT molecular complexity index is 2930. The summed E-state index contributed by atoms with van der Waals surface area (Å²) in [5.41, 5.74) is 6.20. The van der Waals surface area contributed by atoms with Gasteiger partial charge >= 0.3 is 126 Å². The molecule has 0 aliphatic carbocycles. The third-order valence-electron chi connectivity index (χ3n) is 10.4. The fourth-order valence-corrected chi connectivity index (χ4v) is 7.16. The van der Waals surface area contributed by atoms with Gasteiger partial charge in [0.25, 0.3) is 0 Å². The molecule has 0 saturated heterocycles. The molecule has 0 bridgehead atoms. The normalized spacial score (nSPS) is 8.82. The van der Waals surface area contributed by atoms with E-state index < -0.39 is 0 Å². The Morgan fingerprint density at radius 3 is 0.848 bits per heavy atom. The summed E-state index contributed by atoms with van der Waals surface area (Å²) in [5.74, 6) is 0. The van der Waals surface area contributed by atoms with Crippen LogP contribution in [0.15, 0.2) is 249 Å². The van der Waals surface area contributed by atoms with Gasteiger partial charge in [-0.1, -0.05) is 58.0 Å². The van der Waals surface area contributed by atoms with Gasteiger partial charge in [0, 0.05) is 0 Å². The zero-order chi connectivity index (χ0) is 53.2. The standard InChI is InChI=1S/2C11H11.2C10H9.C9H7.2C5H5.3C2H6Si.6ClH.3Zr/c2*1-2-9-7-10-5-3-4-6-11(10)8-9;2*1-8-6-9-4-2-3-5-10(9)7-8;1-2-5-9-7-3-6-8(9)4-1;2*1-2-4-5-3-1;3*1-3-2;;;;;;;;;/h2*3-8H,2H2,1H3;2*2-7H,1H3;1-7H;2*1-5H;3*1-2H3;6*1H;;;/q7*-1;;;;;;;;;;;2*+2. The molecule has 0 fully saturated rings. The van der Waals surface area contributed by atoms with Crippen molar-refractivity contribution in [2.75, 3.05) is 0 Å². The van der Waals surface area contributed by atoms with Crippen LogP contribution in [0.4, 0.5) is 0 Å². The maximum absolute atomic E-state index is 2.31. The van der Waals surface area contributed by atoms with Gasteiger partial charge in [-0.05, 0) is 12.8 Å². The van der Waals surface area contributed by atoms with Gasteiger partial charge in [0.1, 0.15) is 0 Å². The van der Waals surface area contributed by atoms with Crippen molar-refractivity contribution in [2.24, 2.45) is 0 Å². The van der Waals surface area contributed by atoms with E-state index in [0.29, 0.717) is 0 Å². The molecule has 12 rings (SSSR count). The van der Waals surface area contributed by atoms with Gasteiger partial charge in [-0.25, -0.2) is 24.3 Å². The SMILES string of the molecule is CCc1cc2ccccc2[cH-]1.CCc1cc2ccccc2[cH-]1.C[Si](C)=[Zr+2].C[Si](C)=[Zr+2].C[Si](C)=[Zr].Cc1cc2ccccc2[cH-]1.Cc1cc2ccccc2[cH-]1.Cl.Cl.Cl.Cl.Cl.Cl.c1cc[cH-]c1.c1cc[cH-]c1.c1ccc2[cH-]ccc2c1. The molecule has 0 aliphatic heterocycles. The van der Waals surface area contributed by atoms with Gasteiger partial charge in [-0.2, -0.15) is 78.2 Å².